The summed E-state index contributed by atoms with van der Waals surface area (Å²) in [5, 5.41) is 0. The van der Waals surface area contributed by atoms with Crippen molar-refractivity contribution in [2.75, 3.05) is 52.4 Å². The van der Waals surface area contributed by atoms with Gasteiger partial charge in [0.05, 0.1) is 53.2 Å². The van der Waals surface area contributed by atoms with E-state index in [1.165, 1.54) is 11.3 Å². The van der Waals surface area contributed by atoms with Gasteiger partial charge in [0.25, 0.3) is 0 Å². The molecule has 0 amide bonds. The van der Waals surface area contributed by atoms with Gasteiger partial charge in [-0.2, -0.15) is 0 Å². The van der Waals surface area contributed by atoms with Crippen molar-refractivity contribution in [1.82, 2.24) is 0 Å². The Bertz CT molecular complexity index is 746. The van der Waals surface area contributed by atoms with Gasteiger partial charge in [-0.05, 0) is 24.3 Å². The summed E-state index contributed by atoms with van der Waals surface area (Å²) >= 11 is 3.67. The fraction of sp³-hybridized carbons (Fsp3) is 0.400. The lowest BCUT2D eigenvalue weighted by Gasteiger charge is -2.34. The summed E-state index contributed by atoms with van der Waals surface area (Å²) in [5.74, 6) is 2.47. The molecule has 0 spiro atoms. The van der Waals surface area contributed by atoms with Crippen LogP contribution < -0.4 is 24.0 Å². The van der Waals surface area contributed by atoms with E-state index in [9.17, 15) is 0 Å². The highest BCUT2D eigenvalue weighted by Gasteiger charge is 2.23. The number of hydrogen-bond acceptors (Lipinski definition) is 4. The minimum atomic E-state index is 0.749. The van der Waals surface area contributed by atoms with Crippen LogP contribution in [-0.4, -0.2) is 47.5 Å². The number of para-hydroxylation sites is 2. The normalized spacial score (nSPS) is 15.0. The first-order valence-corrected chi connectivity index (χ1v) is 9.57. The molecule has 140 valence electrons. The van der Waals surface area contributed by atoms with Gasteiger partial charge in [-0.25, -0.2) is 0 Å². The minimum Gasteiger partial charge on any atom is -0.495 e. The molecule has 0 unspecified atom stereocenters. The number of piperazine rings is 1. The van der Waals surface area contributed by atoms with Crippen molar-refractivity contribution in [1.29, 1.82) is 0 Å². The number of quaternary nitrogens is 1. The van der Waals surface area contributed by atoms with Crippen LogP contribution in [0.15, 0.2) is 40.9 Å². The maximum absolute atomic E-state index is 5.50. The molecule has 1 fully saturated rings. The Morgan fingerprint density at radius 1 is 0.923 bits per heavy atom. The van der Waals surface area contributed by atoms with Crippen LogP contribution in [-0.2, 0) is 6.54 Å². The molecule has 0 aliphatic carbocycles. The van der Waals surface area contributed by atoms with Gasteiger partial charge in [-0.1, -0.05) is 28.1 Å². The number of nitrogens with one attached hydrogen (secondary N) is 1. The molecular formula is C20H26BrN2O3+. The molecule has 0 radical (unpaired) electrons. The topological polar surface area (TPSA) is 35.4 Å². The summed E-state index contributed by atoms with van der Waals surface area (Å²) in [6.07, 6.45) is 0. The van der Waals surface area contributed by atoms with E-state index in [4.69, 9.17) is 14.2 Å². The second-order valence-corrected chi connectivity index (χ2v) is 7.24. The maximum atomic E-state index is 5.50. The van der Waals surface area contributed by atoms with E-state index >= 15 is 0 Å². The first-order chi connectivity index (χ1) is 12.7. The molecule has 0 saturated carbocycles. The molecule has 5 nitrogen and oxygen atoms in total. The average molecular weight is 422 g/mol. The Balaban J connectivity index is 1.66. The predicted molar refractivity (Wildman–Crippen MR) is 107 cm³/mol. The zero-order valence-electron chi connectivity index (χ0n) is 15.5. The largest absolute Gasteiger partial charge is 0.495 e. The summed E-state index contributed by atoms with van der Waals surface area (Å²) in [6, 6.07) is 12.3. The van der Waals surface area contributed by atoms with Gasteiger partial charge >= 0.3 is 0 Å². The van der Waals surface area contributed by atoms with Gasteiger partial charge in [-0.3, -0.25) is 0 Å². The predicted octanol–water partition coefficient (Wildman–Crippen LogP) is 2.38. The maximum Gasteiger partial charge on any atom is 0.161 e. The molecule has 1 aliphatic rings. The van der Waals surface area contributed by atoms with Crippen LogP contribution in [0.25, 0.3) is 0 Å². The van der Waals surface area contributed by atoms with Crippen LogP contribution in [0.2, 0.25) is 0 Å². The number of halogens is 1. The highest BCUT2D eigenvalue weighted by Crippen LogP contribution is 2.33. The highest BCUT2D eigenvalue weighted by molar-refractivity contribution is 9.10. The van der Waals surface area contributed by atoms with Crippen molar-refractivity contribution in [3.05, 3.63) is 46.4 Å². The monoisotopic (exact) mass is 421 g/mol. The van der Waals surface area contributed by atoms with Crippen LogP contribution in [0.4, 0.5) is 5.69 Å². The van der Waals surface area contributed by atoms with Gasteiger partial charge in [-0.15, -0.1) is 0 Å². The number of ether oxygens (including phenoxy) is 3. The average Bonchev–Trinajstić information content (AvgIpc) is 2.69. The highest BCUT2D eigenvalue weighted by atomic mass is 79.9. The molecule has 1 saturated heterocycles. The smallest absolute Gasteiger partial charge is 0.161 e. The molecule has 26 heavy (non-hydrogen) atoms. The zero-order valence-corrected chi connectivity index (χ0v) is 17.1. The molecule has 0 bridgehead atoms. The summed E-state index contributed by atoms with van der Waals surface area (Å²) < 4.78 is 17.4. The first kappa shape index (κ1) is 18.9. The molecule has 2 aromatic carbocycles. The second kappa shape index (κ2) is 8.64. The molecule has 0 atom stereocenters. The molecule has 1 N–H and O–H groups in total. The number of methoxy groups -OCH3 is 3. The molecule has 3 rings (SSSR count). The fourth-order valence-corrected chi connectivity index (χ4v) is 3.90. The van der Waals surface area contributed by atoms with Crippen LogP contribution >= 0.6 is 15.9 Å². The molecule has 1 aliphatic heterocycles. The van der Waals surface area contributed by atoms with E-state index in [1.807, 2.05) is 18.2 Å². The van der Waals surface area contributed by atoms with Crippen LogP contribution in [0, 0.1) is 0 Å². The molecule has 2 aromatic rings. The van der Waals surface area contributed by atoms with E-state index in [0.29, 0.717) is 0 Å². The lowest BCUT2D eigenvalue weighted by Crippen LogP contribution is -3.13. The van der Waals surface area contributed by atoms with Crippen molar-refractivity contribution in [3.8, 4) is 17.2 Å². The quantitative estimate of drug-likeness (QED) is 0.776. The Hall–Kier alpha value is -1.92. The van der Waals surface area contributed by atoms with E-state index in [2.05, 4.69) is 39.0 Å². The van der Waals surface area contributed by atoms with E-state index in [1.54, 1.807) is 26.2 Å². The summed E-state index contributed by atoms with van der Waals surface area (Å²) in [4.78, 5) is 3.97. The van der Waals surface area contributed by atoms with Crippen molar-refractivity contribution in [2.45, 2.75) is 6.54 Å². The third kappa shape index (κ3) is 4.07. The summed E-state index contributed by atoms with van der Waals surface area (Å²) in [6.45, 7) is 5.15. The Morgan fingerprint density at radius 3 is 2.19 bits per heavy atom. The molecule has 0 aromatic heterocycles. The number of nitrogens with zero attached hydrogens (tertiary/aromatic N) is 1. The standard InChI is InChI=1S/C20H25BrN2O3/c1-24-18-7-5-4-6-17(18)23-10-8-22(9-11-23)14-15-12-19(25-2)20(26-3)13-16(15)21/h4-7,12-13H,8-11,14H2,1-3H3/p+1. The lowest BCUT2D eigenvalue weighted by atomic mass is 10.1. The lowest BCUT2D eigenvalue weighted by molar-refractivity contribution is -0.914. The van der Waals surface area contributed by atoms with Gasteiger partial charge in [0.1, 0.15) is 12.3 Å². The third-order valence-corrected chi connectivity index (χ3v) is 5.63. The SMILES string of the molecule is COc1cc(Br)c(C[NH+]2CCN(c3ccccc3OC)CC2)cc1OC. The Morgan fingerprint density at radius 2 is 1.54 bits per heavy atom. The number of anilines is 1. The molecule has 1 heterocycles. The summed E-state index contributed by atoms with van der Waals surface area (Å²) in [7, 11) is 5.07. The zero-order chi connectivity index (χ0) is 18.5. The van der Waals surface area contributed by atoms with Crippen molar-refractivity contribution >= 4 is 21.6 Å². The van der Waals surface area contributed by atoms with Crippen LogP contribution in [0.1, 0.15) is 5.56 Å². The van der Waals surface area contributed by atoms with Gasteiger partial charge in [0.2, 0.25) is 0 Å². The minimum absolute atomic E-state index is 0.749. The van der Waals surface area contributed by atoms with Crippen LogP contribution in [0.3, 0.4) is 0 Å². The van der Waals surface area contributed by atoms with E-state index < -0.39 is 0 Å². The first-order valence-electron chi connectivity index (χ1n) is 8.78. The molecular weight excluding hydrogens is 396 g/mol. The Kier molecular flexibility index (Phi) is 6.27. The van der Waals surface area contributed by atoms with E-state index in [0.717, 1.165) is 54.4 Å². The Labute approximate surface area is 163 Å². The number of benzene rings is 2. The summed E-state index contributed by atoms with van der Waals surface area (Å²) in [5.41, 5.74) is 2.42. The van der Waals surface area contributed by atoms with E-state index in [-0.39, 0.29) is 0 Å². The fourth-order valence-electron chi connectivity index (χ4n) is 3.43. The van der Waals surface area contributed by atoms with Crippen molar-refractivity contribution in [3.63, 3.8) is 0 Å². The van der Waals surface area contributed by atoms with Crippen molar-refractivity contribution in [2.24, 2.45) is 0 Å². The van der Waals surface area contributed by atoms with Crippen LogP contribution in [0.5, 0.6) is 17.2 Å². The number of rotatable bonds is 6. The second-order valence-electron chi connectivity index (χ2n) is 6.38. The van der Waals surface area contributed by atoms with Gasteiger partial charge in [0.15, 0.2) is 11.5 Å². The van der Waals surface area contributed by atoms with Gasteiger partial charge in [0, 0.05) is 10.0 Å². The number of hydrogen-bond donors (Lipinski definition) is 1. The van der Waals surface area contributed by atoms with Gasteiger partial charge < -0.3 is 24.0 Å². The third-order valence-electron chi connectivity index (χ3n) is 4.89. The van der Waals surface area contributed by atoms with Crippen molar-refractivity contribution < 1.29 is 19.1 Å². The molecule has 6 heteroatoms.